The standard InChI is InChI=1S/C19H15F3N2O2S/c20-19(21,22)16(25)14-6-7-15(27-14)17(26)24-10-8-18(12-23,9-11-24)13-4-2-1-3-5-13/h1-7H,8-11H2. The van der Waals surface area contributed by atoms with E-state index in [4.69, 9.17) is 0 Å². The van der Waals surface area contributed by atoms with Gasteiger partial charge in [-0.1, -0.05) is 30.3 Å². The molecule has 1 aliphatic rings. The van der Waals surface area contributed by atoms with Gasteiger partial charge >= 0.3 is 6.18 Å². The zero-order chi connectivity index (χ0) is 19.7. The summed E-state index contributed by atoms with van der Waals surface area (Å²) < 4.78 is 37.5. The Morgan fingerprint density at radius 1 is 1.04 bits per heavy atom. The number of hydrogen-bond donors (Lipinski definition) is 0. The van der Waals surface area contributed by atoms with Crippen molar-refractivity contribution in [3.05, 3.63) is 57.8 Å². The van der Waals surface area contributed by atoms with E-state index < -0.39 is 28.2 Å². The van der Waals surface area contributed by atoms with Gasteiger partial charge in [0, 0.05) is 13.1 Å². The van der Waals surface area contributed by atoms with Gasteiger partial charge in [0.25, 0.3) is 11.7 Å². The van der Waals surface area contributed by atoms with Crippen LogP contribution >= 0.6 is 11.3 Å². The van der Waals surface area contributed by atoms with Crippen LogP contribution in [0.15, 0.2) is 42.5 Å². The molecule has 0 atom stereocenters. The molecule has 8 heteroatoms. The number of carbonyl (C=O) groups is 2. The van der Waals surface area contributed by atoms with E-state index in [0.717, 1.165) is 11.6 Å². The van der Waals surface area contributed by atoms with Gasteiger partial charge in [0.15, 0.2) is 0 Å². The number of likely N-dealkylation sites (tertiary alicyclic amines) is 1. The largest absolute Gasteiger partial charge is 0.455 e. The van der Waals surface area contributed by atoms with Crippen molar-refractivity contribution in [2.45, 2.75) is 24.4 Å². The molecule has 0 saturated carbocycles. The molecule has 0 unspecified atom stereocenters. The first-order chi connectivity index (χ1) is 12.8. The summed E-state index contributed by atoms with van der Waals surface area (Å²) >= 11 is 0.546. The SMILES string of the molecule is N#CC1(c2ccccc2)CCN(C(=O)c2ccc(C(=O)C(F)(F)F)s2)CC1. The predicted molar refractivity (Wildman–Crippen MR) is 93.6 cm³/mol. The van der Waals surface area contributed by atoms with E-state index >= 15 is 0 Å². The second kappa shape index (κ2) is 7.16. The van der Waals surface area contributed by atoms with Gasteiger partial charge in [-0.25, -0.2) is 0 Å². The molecule has 0 bridgehead atoms. The van der Waals surface area contributed by atoms with Crippen LogP contribution in [0.1, 0.15) is 37.7 Å². The number of rotatable bonds is 3. The molecule has 0 radical (unpaired) electrons. The summed E-state index contributed by atoms with van der Waals surface area (Å²) in [6.07, 6.45) is -4.07. The van der Waals surface area contributed by atoms with Gasteiger partial charge in [0.05, 0.1) is 21.2 Å². The van der Waals surface area contributed by atoms with Crippen molar-refractivity contribution < 1.29 is 22.8 Å². The molecule has 3 rings (SSSR count). The van der Waals surface area contributed by atoms with Gasteiger partial charge in [-0.3, -0.25) is 9.59 Å². The molecule has 1 fully saturated rings. The zero-order valence-corrected chi connectivity index (χ0v) is 14.9. The van der Waals surface area contributed by atoms with Gasteiger partial charge in [-0.05, 0) is 30.5 Å². The van der Waals surface area contributed by atoms with Crippen molar-refractivity contribution in [1.29, 1.82) is 5.26 Å². The third kappa shape index (κ3) is 3.74. The number of Topliss-reactive ketones (excluding diaryl/α,β-unsaturated/α-hetero) is 1. The Hall–Kier alpha value is -2.66. The van der Waals surface area contributed by atoms with Gasteiger partial charge in [-0.15, -0.1) is 11.3 Å². The number of halogens is 3. The lowest BCUT2D eigenvalue weighted by molar-refractivity contribution is -0.0882. The Morgan fingerprint density at radius 3 is 2.19 bits per heavy atom. The van der Waals surface area contributed by atoms with Crippen molar-refractivity contribution in [3.8, 4) is 6.07 Å². The molecule has 1 saturated heterocycles. The number of thiophene rings is 1. The minimum atomic E-state index is -4.96. The Morgan fingerprint density at radius 2 is 1.63 bits per heavy atom. The lowest BCUT2D eigenvalue weighted by Gasteiger charge is -2.37. The molecule has 1 aromatic carbocycles. The number of amides is 1. The second-order valence-electron chi connectivity index (χ2n) is 6.34. The van der Waals surface area contributed by atoms with Crippen LogP contribution in [0.4, 0.5) is 13.2 Å². The van der Waals surface area contributed by atoms with Gasteiger partial charge in [-0.2, -0.15) is 18.4 Å². The summed E-state index contributed by atoms with van der Waals surface area (Å²) in [7, 11) is 0. The van der Waals surface area contributed by atoms with Gasteiger partial charge in [0.2, 0.25) is 0 Å². The molecule has 0 N–H and O–H groups in total. The Labute approximate surface area is 157 Å². The van der Waals surface area contributed by atoms with E-state index in [-0.39, 0.29) is 4.88 Å². The number of ketones is 1. The average molecular weight is 392 g/mol. The minimum Gasteiger partial charge on any atom is -0.338 e. The number of hydrogen-bond acceptors (Lipinski definition) is 4. The molecule has 2 heterocycles. The third-order valence-electron chi connectivity index (χ3n) is 4.74. The van der Waals surface area contributed by atoms with Crippen LogP contribution in [0, 0.1) is 11.3 Å². The fourth-order valence-electron chi connectivity index (χ4n) is 3.18. The fraction of sp³-hybridized carbons (Fsp3) is 0.316. The highest BCUT2D eigenvalue weighted by molar-refractivity contribution is 7.16. The minimum absolute atomic E-state index is 0.0896. The maximum absolute atomic E-state index is 12.6. The molecule has 0 spiro atoms. The molecule has 2 aromatic rings. The summed E-state index contributed by atoms with van der Waals surface area (Å²) in [5, 5.41) is 9.68. The van der Waals surface area contributed by atoms with E-state index in [1.165, 1.54) is 11.0 Å². The summed E-state index contributed by atoms with van der Waals surface area (Å²) in [6.45, 7) is 0.642. The molecule has 1 amide bonds. The zero-order valence-electron chi connectivity index (χ0n) is 14.1. The van der Waals surface area contributed by atoms with Crippen molar-refractivity contribution in [2.75, 3.05) is 13.1 Å². The van der Waals surface area contributed by atoms with E-state index in [0.29, 0.717) is 37.3 Å². The Balaban J connectivity index is 1.72. The first kappa shape index (κ1) is 19.1. The second-order valence-corrected chi connectivity index (χ2v) is 7.43. The highest BCUT2D eigenvalue weighted by atomic mass is 32.1. The van der Waals surface area contributed by atoms with E-state index in [9.17, 15) is 28.0 Å². The topological polar surface area (TPSA) is 61.2 Å². The quantitative estimate of drug-likeness (QED) is 0.736. The molecule has 1 aromatic heterocycles. The van der Waals surface area contributed by atoms with Crippen molar-refractivity contribution in [2.24, 2.45) is 0 Å². The molecule has 4 nitrogen and oxygen atoms in total. The van der Waals surface area contributed by atoms with E-state index in [1.54, 1.807) is 0 Å². The number of piperidine rings is 1. The summed E-state index contributed by atoms with van der Waals surface area (Å²) in [6, 6.07) is 14.0. The maximum Gasteiger partial charge on any atom is 0.455 e. The van der Waals surface area contributed by atoms with Crippen molar-refractivity contribution in [3.63, 3.8) is 0 Å². The fourth-order valence-corrected chi connectivity index (χ4v) is 4.12. The number of carbonyl (C=O) groups excluding carboxylic acids is 2. The molecule has 0 aliphatic carbocycles. The third-order valence-corrected chi connectivity index (χ3v) is 5.81. The molecular formula is C19H15F3N2O2S. The number of nitrogens with zero attached hydrogens (tertiary/aromatic N) is 2. The highest BCUT2D eigenvalue weighted by Crippen LogP contribution is 2.36. The molecule has 140 valence electrons. The Bertz CT molecular complexity index is 892. The predicted octanol–water partition coefficient (Wildman–Crippen LogP) is 4.19. The van der Waals surface area contributed by atoms with Crippen LogP contribution in [0.5, 0.6) is 0 Å². The maximum atomic E-state index is 12.6. The number of nitriles is 1. The van der Waals surface area contributed by atoms with Gasteiger partial charge in [0.1, 0.15) is 0 Å². The highest BCUT2D eigenvalue weighted by Gasteiger charge is 2.41. The molecular weight excluding hydrogens is 377 g/mol. The lowest BCUT2D eigenvalue weighted by Crippen LogP contribution is -2.44. The number of benzene rings is 1. The first-order valence-corrected chi connectivity index (χ1v) is 9.06. The smallest absolute Gasteiger partial charge is 0.338 e. The van der Waals surface area contributed by atoms with Crippen molar-refractivity contribution in [1.82, 2.24) is 4.90 Å². The average Bonchev–Trinajstić information content (AvgIpc) is 3.17. The summed E-state index contributed by atoms with van der Waals surface area (Å²) in [5.41, 5.74) is 0.221. The lowest BCUT2D eigenvalue weighted by atomic mass is 9.74. The van der Waals surface area contributed by atoms with E-state index in [2.05, 4.69) is 6.07 Å². The summed E-state index contributed by atoms with van der Waals surface area (Å²) in [4.78, 5) is 25.0. The van der Waals surface area contributed by atoms with Crippen LogP contribution in [0.25, 0.3) is 0 Å². The van der Waals surface area contributed by atoms with Gasteiger partial charge < -0.3 is 4.90 Å². The molecule has 27 heavy (non-hydrogen) atoms. The Kier molecular flexibility index (Phi) is 5.07. The summed E-state index contributed by atoms with van der Waals surface area (Å²) in [5.74, 6) is -2.36. The first-order valence-electron chi connectivity index (χ1n) is 8.24. The van der Waals surface area contributed by atoms with Crippen LogP contribution in [0.2, 0.25) is 0 Å². The number of alkyl halides is 3. The van der Waals surface area contributed by atoms with E-state index in [1.807, 2.05) is 30.3 Å². The molecule has 1 aliphatic heterocycles. The normalized spacial score (nSPS) is 16.6. The van der Waals surface area contributed by atoms with Crippen LogP contribution in [-0.4, -0.2) is 35.9 Å². The van der Waals surface area contributed by atoms with Crippen LogP contribution < -0.4 is 0 Å². The monoisotopic (exact) mass is 392 g/mol. The van der Waals surface area contributed by atoms with Crippen LogP contribution in [0.3, 0.4) is 0 Å². The van der Waals surface area contributed by atoms with Crippen LogP contribution in [-0.2, 0) is 5.41 Å². The van der Waals surface area contributed by atoms with Crippen molar-refractivity contribution >= 4 is 23.0 Å².